The average molecular weight is 259 g/mol. The Kier molecular flexibility index (Phi) is 3.11. The summed E-state index contributed by atoms with van der Waals surface area (Å²) in [6.07, 6.45) is 6.36. The van der Waals surface area contributed by atoms with Crippen LogP contribution in [-0.4, -0.2) is 17.3 Å². The molecule has 1 aliphatic heterocycles. The maximum Gasteiger partial charge on any atom is 0.0664 e. The van der Waals surface area contributed by atoms with Gasteiger partial charge in [0.25, 0.3) is 0 Å². The van der Waals surface area contributed by atoms with Gasteiger partial charge in [0.05, 0.1) is 11.9 Å². The molecule has 0 saturated carbocycles. The molecule has 0 atom stereocenters. The number of anilines is 1. The fourth-order valence-electron chi connectivity index (χ4n) is 1.34. The Balaban J connectivity index is 2.14. The molecule has 1 fully saturated rings. The SMILES string of the molecule is Brc1cncc(N2CCCCS2)c1. The lowest BCUT2D eigenvalue weighted by molar-refractivity contribution is 0.790. The first-order valence-electron chi connectivity index (χ1n) is 4.37. The normalized spacial score (nSPS) is 17.5. The molecule has 0 N–H and O–H groups in total. The molecule has 1 aromatic rings. The maximum absolute atomic E-state index is 4.16. The van der Waals surface area contributed by atoms with Gasteiger partial charge in [0.15, 0.2) is 0 Å². The molecule has 0 bridgehead atoms. The van der Waals surface area contributed by atoms with Gasteiger partial charge in [0.1, 0.15) is 0 Å². The van der Waals surface area contributed by atoms with Crippen LogP contribution in [0.15, 0.2) is 22.9 Å². The zero-order valence-electron chi connectivity index (χ0n) is 7.24. The lowest BCUT2D eigenvalue weighted by Crippen LogP contribution is -2.21. The molecule has 0 amide bonds. The number of pyridine rings is 1. The van der Waals surface area contributed by atoms with E-state index >= 15 is 0 Å². The van der Waals surface area contributed by atoms with Gasteiger partial charge in [0, 0.05) is 23.0 Å². The standard InChI is InChI=1S/C9H11BrN2S/c10-8-5-9(7-11-6-8)12-3-1-2-4-13-12/h5-7H,1-4H2. The van der Waals surface area contributed by atoms with Crippen molar-refractivity contribution >= 4 is 33.6 Å². The molecule has 1 aliphatic rings. The molecule has 2 heterocycles. The Morgan fingerprint density at radius 1 is 1.38 bits per heavy atom. The minimum atomic E-state index is 1.05. The number of aromatic nitrogens is 1. The summed E-state index contributed by atoms with van der Waals surface area (Å²) in [4.78, 5) is 4.16. The molecule has 1 aromatic heterocycles. The predicted molar refractivity (Wildman–Crippen MR) is 61.0 cm³/mol. The summed E-state index contributed by atoms with van der Waals surface area (Å²) in [5.74, 6) is 1.23. The molecule has 70 valence electrons. The molecule has 2 nitrogen and oxygen atoms in total. The highest BCUT2D eigenvalue weighted by molar-refractivity contribution is 9.10. The molecular weight excluding hydrogens is 248 g/mol. The average Bonchev–Trinajstić information content (AvgIpc) is 2.19. The zero-order valence-corrected chi connectivity index (χ0v) is 9.64. The van der Waals surface area contributed by atoms with Crippen LogP contribution in [-0.2, 0) is 0 Å². The molecular formula is C9H11BrN2S. The first kappa shape index (κ1) is 9.34. The summed E-state index contributed by atoms with van der Waals surface area (Å²) in [5.41, 5.74) is 1.21. The number of hydrogen-bond donors (Lipinski definition) is 0. The van der Waals surface area contributed by atoms with Crippen LogP contribution in [0.4, 0.5) is 5.69 Å². The van der Waals surface area contributed by atoms with Crippen LogP contribution >= 0.6 is 27.9 Å². The summed E-state index contributed by atoms with van der Waals surface area (Å²) in [6, 6.07) is 2.12. The van der Waals surface area contributed by atoms with E-state index in [9.17, 15) is 0 Å². The first-order chi connectivity index (χ1) is 6.36. The van der Waals surface area contributed by atoms with E-state index in [1.54, 1.807) is 0 Å². The van der Waals surface area contributed by atoms with Crippen molar-refractivity contribution in [1.29, 1.82) is 0 Å². The van der Waals surface area contributed by atoms with E-state index in [0.29, 0.717) is 0 Å². The molecule has 2 rings (SSSR count). The highest BCUT2D eigenvalue weighted by atomic mass is 79.9. The summed E-state index contributed by atoms with van der Waals surface area (Å²) in [5, 5.41) is 0. The van der Waals surface area contributed by atoms with Crippen LogP contribution in [0.3, 0.4) is 0 Å². The predicted octanol–water partition coefficient (Wildman–Crippen LogP) is 3.09. The molecule has 0 aromatic carbocycles. The number of nitrogens with zero attached hydrogens (tertiary/aromatic N) is 2. The number of halogens is 1. The van der Waals surface area contributed by atoms with Gasteiger partial charge in [-0.25, -0.2) is 0 Å². The third kappa shape index (κ3) is 2.38. The monoisotopic (exact) mass is 258 g/mol. The molecule has 0 aliphatic carbocycles. The minimum absolute atomic E-state index is 1.05. The van der Waals surface area contributed by atoms with E-state index in [-0.39, 0.29) is 0 Å². The van der Waals surface area contributed by atoms with Gasteiger partial charge >= 0.3 is 0 Å². The largest absolute Gasteiger partial charge is 0.315 e. The van der Waals surface area contributed by atoms with Crippen LogP contribution in [0.25, 0.3) is 0 Å². The van der Waals surface area contributed by atoms with E-state index < -0.39 is 0 Å². The molecule has 0 unspecified atom stereocenters. The molecule has 0 radical (unpaired) electrons. The van der Waals surface area contributed by atoms with Crippen LogP contribution in [0.2, 0.25) is 0 Å². The Labute approximate surface area is 91.0 Å². The summed E-state index contributed by atoms with van der Waals surface area (Å²) in [7, 11) is 0. The summed E-state index contributed by atoms with van der Waals surface area (Å²) < 4.78 is 3.37. The fraction of sp³-hybridized carbons (Fsp3) is 0.444. The van der Waals surface area contributed by atoms with Crippen molar-refractivity contribution in [3.05, 3.63) is 22.9 Å². The van der Waals surface area contributed by atoms with Gasteiger partial charge in [-0.05, 0) is 46.8 Å². The highest BCUT2D eigenvalue weighted by Crippen LogP contribution is 2.28. The van der Waals surface area contributed by atoms with Crippen LogP contribution in [0.5, 0.6) is 0 Å². The third-order valence-electron chi connectivity index (χ3n) is 1.98. The Bertz CT molecular complexity index is 287. The van der Waals surface area contributed by atoms with Crippen molar-refractivity contribution in [3.8, 4) is 0 Å². The minimum Gasteiger partial charge on any atom is -0.315 e. The van der Waals surface area contributed by atoms with Crippen LogP contribution in [0, 0.1) is 0 Å². The van der Waals surface area contributed by atoms with Gasteiger partial charge in [-0.15, -0.1) is 0 Å². The lowest BCUT2D eigenvalue weighted by atomic mass is 10.3. The maximum atomic E-state index is 4.16. The summed E-state index contributed by atoms with van der Waals surface area (Å²) in [6.45, 7) is 1.14. The van der Waals surface area contributed by atoms with Gasteiger partial charge in [0.2, 0.25) is 0 Å². The third-order valence-corrected chi connectivity index (χ3v) is 3.59. The Morgan fingerprint density at radius 2 is 2.31 bits per heavy atom. The highest BCUT2D eigenvalue weighted by Gasteiger charge is 2.11. The second kappa shape index (κ2) is 4.33. The number of rotatable bonds is 1. The lowest BCUT2D eigenvalue weighted by Gasteiger charge is -2.26. The number of hydrogen-bond acceptors (Lipinski definition) is 3. The summed E-state index contributed by atoms with van der Waals surface area (Å²) >= 11 is 5.33. The van der Waals surface area contributed by atoms with Crippen molar-refractivity contribution in [2.75, 3.05) is 16.6 Å². The van der Waals surface area contributed by atoms with Crippen LogP contribution < -0.4 is 4.31 Å². The van der Waals surface area contributed by atoms with Crippen molar-refractivity contribution in [1.82, 2.24) is 4.98 Å². The zero-order chi connectivity index (χ0) is 9.10. The second-order valence-corrected chi connectivity index (χ2v) is 5.03. The van der Waals surface area contributed by atoms with E-state index in [4.69, 9.17) is 0 Å². The van der Waals surface area contributed by atoms with Crippen molar-refractivity contribution in [2.24, 2.45) is 0 Å². The van der Waals surface area contributed by atoms with Crippen molar-refractivity contribution in [2.45, 2.75) is 12.8 Å². The van der Waals surface area contributed by atoms with E-state index in [0.717, 1.165) is 11.0 Å². The molecule has 13 heavy (non-hydrogen) atoms. The first-order valence-corrected chi connectivity index (χ1v) is 6.11. The van der Waals surface area contributed by atoms with E-state index in [2.05, 4.69) is 31.3 Å². The smallest absolute Gasteiger partial charge is 0.0664 e. The Hall–Kier alpha value is -0.220. The fourth-order valence-corrected chi connectivity index (χ4v) is 2.75. The van der Waals surface area contributed by atoms with Crippen molar-refractivity contribution in [3.63, 3.8) is 0 Å². The molecule has 0 spiro atoms. The quantitative estimate of drug-likeness (QED) is 0.721. The van der Waals surface area contributed by atoms with Gasteiger partial charge < -0.3 is 4.31 Å². The van der Waals surface area contributed by atoms with E-state index in [1.165, 1.54) is 24.3 Å². The van der Waals surface area contributed by atoms with Gasteiger partial charge in [-0.2, -0.15) is 0 Å². The van der Waals surface area contributed by atoms with Crippen LogP contribution in [0.1, 0.15) is 12.8 Å². The van der Waals surface area contributed by atoms with Gasteiger partial charge in [-0.3, -0.25) is 4.98 Å². The van der Waals surface area contributed by atoms with Crippen molar-refractivity contribution < 1.29 is 0 Å². The van der Waals surface area contributed by atoms with E-state index in [1.807, 2.05) is 24.3 Å². The topological polar surface area (TPSA) is 16.1 Å². The molecule has 1 saturated heterocycles. The van der Waals surface area contributed by atoms with Gasteiger partial charge in [-0.1, -0.05) is 0 Å². The molecule has 4 heteroatoms. The second-order valence-electron chi connectivity index (χ2n) is 3.00. The Morgan fingerprint density at radius 3 is 3.00 bits per heavy atom.